The molecule has 1 aliphatic rings. The van der Waals surface area contributed by atoms with Gasteiger partial charge in [0.25, 0.3) is 5.91 Å². The third-order valence-electron chi connectivity index (χ3n) is 4.45. The Bertz CT molecular complexity index is 736. The molecule has 0 spiro atoms. The van der Waals surface area contributed by atoms with Crippen LogP contribution in [0.3, 0.4) is 0 Å². The Morgan fingerprint density at radius 3 is 2.32 bits per heavy atom. The van der Waals surface area contributed by atoms with E-state index in [2.05, 4.69) is 5.32 Å². The van der Waals surface area contributed by atoms with Gasteiger partial charge >= 0.3 is 5.97 Å². The number of hydrogen-bond donors (Lipinski definition) is 1. The molecule has 0 unspecified atom stereocenters. The number of carbonyl (C=O) groups is 2. The van der Waals surface area contributed by atoms with Crippen LogP contribution in [0, 0.1) is 0 Å². The third kappa shape index (κ3) is 3.99. The minimum atomic E-state index is -0.558. The Morgan fingerprint density at radius 2 is 1.72 bits per heavy atom. The summed E-state index contributed by atoms with van der Waals surface area (Å²) < 4.78 is 10.3. The summed E-state index contributed by atoms with van der Waals surface area (Å²) in [5.41, 5.74) is 1.35. The van der Waals surface area contributed by atoms with Crippen LogP contribution in [0.5, 0.6) is 5.75 Å². The van der Waals surface area contributed by atoms with E-state index in [9.17, 15) is 9.59 Å². The van der Waals surface area contributed by atoms with Crippen molar-refractivity contribution in [3.05, 3.63) is 65.7 Å². The highest BCUT2D eigenvalue weighted by molar-refractivity contribution is 5.88. The van der Waals surface area contributed by atoms with Gasteiger partial charge in [-0.05, 0) is 36.1 Å². The van der Waals surface area contributed by atoms with E-state index in [0.717, 1.165) is 29.7 Å². The first-order valence-electron chi connectivity index (χ1n) is 8.26. The zero-order valence-electron chi connectivity index (χ0n) is 14.2. The zero-order chi connectivity index (χ0) is 17.7. The largest absolute Gasteiger partial charge is 0.497 e. The van der Waals surface area contributed by atoms with E-state index < -0.39 is 5.41 Å². The van der Waals surface area contributed by atoms with Crippen molar-refractivity contribution >= 4 is 11.9 Å². The van der Waals surface area contributed by atoms with E-state index in [1.165, 1.54) is 0 Å². The van der Waals surface area contributed by atoms with Gasteiger partial charge in [-0.1, -0.05) is 42.5 Å². The molecule has 2 aromatic rings. The average molecular weight is 339 g/mol. The van der Waals surface area contributed by atoms with Crippen LogP contribution in [0.4, 0.5) is 0 Å². The lowest BCUT2D eigenvalue weighted by Crippen LogP contribution is -2.31. The van der Waals surface area contributed by atoms with Crippen molar-refractivity contribution in [1.29, 1.82) is 0 Å². The van der Waals surface area contributed by atoms with Crippen LogP contribution in [-0.2, 0) is 26.3 Å². The summed E-state index contributed by atoms with van der Waals surface area (Å²) in [5, 5.41) is 2.75. The van der Waals surface area contributed by atoms with Crippen LogP contribution in [0.25, 0.3) is 0 Å². The number of esters is 1. The fourth-order valence-electron chi connectivity index (χ4n) is 2.76. The van der Waals surface area contributed by atoms with E-state index >= 15 is 0 Å². The zero-order valence-corrected chi connectivity index (χ0v) is 14.2. The highest BCUT2D eigenvalue weighted by Crippen LogP contribution is 2.49. The molecule has 25 heavy (non-hydrogen) atoms. The summed E-state index contributed by atoms with van der Waals surface area (Å²) >= 11 is 0. The van der Waals surface area contributed by atoms with Crippen LogP contribution < -0.4 is 10.1 Å². The first kappa shape index (κ1) is 17.0. The number of ether oxygens (including phenoxy) is 2. The fraction of sp³-hybridized carbons (Fsp3) is 0.300. The van der Waals surface area contributed by atoms with E-state index in [0.29, 0.717) is 6.54 Å². The quantitative estimate of drug-likeness (QED) is 0.788. The van der Waals surface area contributed by atoms with Crippen molar-refractivity contribution in [3.8, 4) is 5.75 Å². The number of rotatable bonds is 7. The second kappa shape index (κ2) is 7.38. The second-order valence-electron chi connectivity index (χ2n) is 6.15. The molecule has 1 fully saturated rings. The van der Waals surface area contributed by atoms with Gasteiger partial charge < -0.3 is 14.8 Å². The van der Waals surface area contributed by atoms with Gasteiger partial charge in [-0.15, -0.1) is 0 Å². The first-order chi connectivity index (χ1) is 12.1. The molecule has 5 heteroatoms. The monoisotopic (exact) mass is 339 g/mol. The van der Waals surface area contributed by atoms with Crippen LogP contribution in [0.1, 0.15) is 24.0 Å². The van der Waals surface area contributed by atoms with Gasteiger partial charge in [0.2, 0.25) is 0 Å². The number of benzene rings is 2. The highest BCUT2D eigenvalue weighted by atomic mass is 16.5. The Morgan fingerprint density at radius 1 is 1.04 bits per heavy atom. The van der Waals surface area contributed by atoms with E-state index in [1.807, 2.05) is 54.6 Å². The van der Waals surface area contributed by atoms with Gasteiger partial charge in [-0.2, -0.15) is 0 Å². The van der Waals surface area contributed by atoms with Crippen molar-refractivity contribution in [2.75, 3.05) is 13.7 Å². The highest BCUT2D eigenvalue weighted by Gasteiger charge is 2.52. The van der Waals surface area contributed by atoms with Crippen molar-refractivity contribution in [2.45, 2.75) is 24.8 Å². The number of carbonyl (C=O) groups excluding carboxylic acids is 2. The minimum absolute atomic E-state index is 0.260. The topological polar surface area (TPSA) is 64.6 Å². The molecule has 3 rings (SSSR count). The lowest BCUT2D eigenvalue weighted by molar-refractivity contribution is -0.151. The van der Waals surface area contributed by atoms with Gasteiger partial charge in [0.05, 0.1) is 12.5 Å². The van der Waals surface area contributed by atoms with Gasteiger partial charge in [-0.25, -0.2) is 0 Å². The number of methoxy groups -OCH3 is 1. The molecule has 0 atom stereocenters. The van der Waals surface area contributed by atoms with Crippen molar-refractivity contribution in [2.24, 2.45) is 0 Å². The van der Waals surface area contributed by atoms with Gasteiger partial charge in [0.15, 0.2) is 6.61 Å². The molecule has 0 bridgehead atoms. The van der Waals surface area contributed by atoms with Crippen molar-refractivity contribution in [1.82, 2.24) is 5.32 Å². The summed E-state index contributed by atoms with van der Waals surface area (Å²) in [4.78, 5) is 24.3. The normalized spacial score (nSPS) is 14.4. The van der Waals surface area contributed by atoms with Crippen LogP contribution >= 0.6 is 0 Å². The third-order valence-corrected chi connectivity index (χ3v) is 4.45. The van der Waals surface area contributed by atoms with E-state index in [-0.39, 0.29) is 18.5 Å². The van der Waals surface area contributed by atoms with E-state index in [1.54, 1.807) is 7.11 Å². The molecule has 0 aliphatic heterocycles. The Balaban J connectivity index is 1.46. The summed E-state index contributed by atoms with van der Waals surface area (Å²) in [6.45, 7) is 0.119. The molecule has 0 saturated heterocycles. The molecule has 0 aromatic heterocycles. The standard InChI is InChI=1S/C20H21NO4/c1-24-17-9-7-15(8-10-17)13-21-18(22)14-25-19(23)20(11-12-20)16-5-3-2-4-6-16/h2-10H,11-14H2,1H3,(H,21,22). The SMILES string of the molecule is COc1ccc(CNC(=O)COC(=O)C2(c3ccccc3)CC2)cc1. The molecule has 5 nitrogen and oxygen atoms in total. The van der Waals surface area contributed by atoms with Gasteiger partial charge in [0.1, 0.15) is 5.75 Å². The first-order valence-corrected chi connectivity index (χ1v) is 8.26. The molecule has 2 aromatic carbocycles. The number of amides is 1. The van der Waals surface area contributed by atoms with Crippen LogP contribution in [0.2, 0.25) is 0 Å². The molecule has 1 N–H and O–H groups in total. The Labute approximate surface area is 147 Å². The molecule has 0 heterocycles. The van der Waals surface area contributed by atoms with Crippen LogP contribution in [-0.4, -0.2) is 25.6 Å². The molecule has 1 saturated carbocycles. The second-order valence-corrected chi connectivity index (χ2v) is 6.15. The average Bonchev–Trinajstić information content (AvgIpc) is 3.47. The van der Waals surface area contributed by atoms with Crippen molar-refractivity contribution in [3.63, 3.8) is 0 Å². The molecule has 1 aliphatic carbocycles. The molecule has 130 valence electrons. The maximum absolute atomic E-state index is 12.4. The lowest BCUT2D eigenvalue weighted by Gasteiger charge is -2.14. The lowest BCUT2D eigenvalue weighted by atomic mass is 9.96. The number of hydrogen-bond acceptors (Lipinski definition) is 4. The summed E-state index contributed by atoms with van der Waals surface area (Å²) in [7, 11) is 1.60. The fourth-order valence-corrected chi connectivity index (χ4v) is 2.76. The van der Waals surface area contributed by atoms with Gasteiger partial charge in [0, 0.05) is 6.54 Å². The Kier molecular flexibility index (Phi) is 5.03. The predicted molar refractivity (Wildman–Crippen MR) is 93.2 cm³/mol. The summed E-state index contributed by atoms with van der Waals surface area (Å²) in [6, 6.07) is 17.0. The Hall–Kier alpha value is -2.82. The molecular weight excluding hydrogens is 318 g/mol. The maximum atomic E-state index is 12.4. The number of nitrogens with one attached hydrogen (secondary N) is 1. The van der Waals surface area contributed by atoms with Crippen molar-refractivity contribution < 1.29 is 19.1 Å². The molecule has 0 radical (unpaired) electrons. The predicted octanol–water partition coefficient (Wildman–Crippen LogP) is 2.59. The smallest absolute Gasteiger partial charge is 0.317 e. The summed E-state index contributed by atoms with van der Waals surface area (Å²) in [6.07, 6.45) is 1.53. The molecular formula is C20H21NO4. The van der Waals surface area contributed by atoms with Crippen LogP contribution in [0.15, 0.2) is 54.6 Å². The maximum Gasteiger partial charge on any atom is 0.317 e. The minimum Gasteiger partial charge on any atom is -0.497 e. The molecule has 1 amide bonds. The summed E-state index contributed by atoms with van der Waals surface area (Å²) in [5.74, 6) is 0.131. The van der Waals surface area contributed by atoms with E-state index in [4.69, 9.17) is 9.47 Å². The van der Waals surface area contributed by atoms with Gasteiger partial charge in [-0.3, -0.25) is 9.59 Å².